The zero-order valence-electron chi connectivity index (χ0n) is 9.13. The van der Waals surface area contributed by atoms with Crippen LogP contribution in [0.3, 0.4) is 0 Å². The van der Waals surface area contributed by atoms with E-state index in [1.807, 2.05) is 6.26 Å². The zero-order valence-corrected chi connectivity index (χ0v) is 9.94. The first-order valence-corrected chi connectivity index (χ1v) is 6.37. The van der Waals surface area contributed by atoms with Crippen LogP contribution in [0.15, 0.2) is 24.3 Å². The summed E-state index contributed by atoms with van der Waals surface area (Å²) < 4.78 is 13.2. The van der Waals surface area contributed by atoms with E-state index >= 15 is 0 Å². The number of anilines is 1. The summed E-state index contributed by atoms with van der Waals surface area (Å²) in [6, 6.07) is 6.12. The van der Waals surface area contributed by atoms with Crippen molar-refractivity contribution in [2.75, 3.05) is 30.4 Å². The highest BCUT2D eigenvalue weighted by Crippen LogP contribution is 2.11. The Labute approximate surface area is 98.8 Å². The number of rotatable bonds is 6. The molecule has 1 amide bonds. The number of thioether (sulfide) groups is 1. The predicted molar refractivity (Wildman–Crippen MR) is 66.3 cm³/mol. The van der Waals surface area contributed by atoms with Gasteiger partial charge in [0.05, 0.1) is 12.2 Å². The number of amides is 1. The summed E-state index contributed by atoms with van der Waals surface area (Å²) in [6.07, 6.45) is 2.00. The number of para-hydroxylation sites is 1. The van der Waals surface area contributed by atoms with Gasteiger partial charge in [0, 0.05) is 12.3 Å². The standard InChI is InChI=1S/C11H15FN2OS/c1-16-7-6-13-8-11(15)14-10-5-3-2-4-9(10)12/h2-5,13H,6-8H2,1H3,(H,14,15). The first-order valence-electron chi connectivity index (χ1n) is 4.98. The van der Waals surface area contributed by atoms with Gasteiger partial charge in [0.15, 0.2) is 0 Å². The maximum atomic E-state index is 13.2. The van der Waals surface area contributed by atoms with Crippen molar-refractivity contribution < 1.29 is 9.18 Å². The van der Waals surface area contributed by atoms with E-state index in [0.29, 0.717) is 0 Å². The van der Waals surface area contributed by atoms with Crippen LogP contribution in [-0.2, 0) is 4.79 Å². The zero-order chi connectivity index (χ0) is 11.8. The lowest BCUT2D eigenvalue weighted by molar-refractivity contribution is -0.115. The number of hydrogen-bond donors (Lipinski definition) is 2. The molecule has 88 valence electrons. The van der Waals surface area contributed by atoms with Crippen molar-refractivity contribution in [2.45, 2.75) is 0 Å². The van der Waals surface area contributed by atoms with Gasteiger partial charge < -0.3 is 10.6 Å². The molecular formula is C11H15FN2OS. The largest absolute Gasteiger partial charge is 0.322 e. The van der Waals surface area contributed by atoms with Crippen LogP contribution in [0.4, 0.5) is 10.1 Å². The van der Waals surface area contributed by atoms with E-state index in [2.05, 4.69) is 10.6 Å². The van der Waals surface area contributed by atoms with Crippen molar-refractivity contribution in [3.63, 3.8) is 0 Å². The van der Waals surface area contributed by atoms with Crippen LogP contribution >= 0.6 is 11.8 Å². The van der Waals surface area contributed by atoms with Crippen LogP contribution in [-0.4, -0.2) is 31.0 Å². The van der Waals surface area contributed by atoms with Crippen molar-refractivity contribution >= 4 is 23.4 Å². The molecule has 2 N–H and O–H groups in total. The Bertz CT molecular complexity index is 347. The van der Waals surface area contributed by atoms with E-state index in [9.17, 15) is 9.18 Å². The number of halogens is 1. The van der Waals surface area contributed by atoms with Crippen LogP contribution in [0.1, 0.15) is 0 Å². The Hall–Kier alpha value is -1.07. The lowest BCUT2D eigenvalue weighted by atomic mass is 10.3. The van der Waals surface area contributed by atoms with Crippen LogP contribution < -0.4 is 10.6 Å². The number of hydrogen-bond acceptors (Lipinski definition) is 3. The van der Waals surface area contributed by atoms with E-state index in [0.717, 1.165) is 12.3 Å². The number of carbonyl (C=O) groups is 1. The van der Waals surface area contributed by atoms with Gasteiger partial charge in [0.2, 0.25) is 5.91 Å². The first-order chi connectivity index (χ1) is 7.74. The molecule has 1 aromatic rings. The Kier molecular flexibility index (Phi) is 5.88. The normalized spacial score (nSPS) is 10.1. The van der Waals surface area contributed by atoms with Crippen LogP contribution in [0.5, 0.6) is 0 Å². The lowest BCUT2D eigenvalue weighted by Gasteiger charge is -2.06. The second-order valence-corrected chi connectivity index (χ2v) is 4.18. The third-order valence-electron chi connectivity index (χ3n) is 1.92. The second-order valence-electron chi connectivity index (χ2n) is 3.20. The summed E-state index contributed by atoms with van der Waals surface area (Å²) in [5.41, 5.74) is 0.221. The molecule has 0 aliphatic rings. The van der Waals surface area contributed by atoms with Gasteiger partial charge in [-0.2, -0.15) is 11.8 Å². The van der Waals surface area contributed by atoms with E-state index in [1.54, 1.807) is 23.9 Å². The maximum absolute atomic E-state index is 13.2. The van der Waals surface area contributed by atoms with Crippen LogP contribution in [0.25, 0.3) is 0 Å². The van der Waals surface area contributed by atoms with Gasteiger partial charge in [-0.25, -0.2) is 4.39 Å². The molecule has 0 fully saturated rings. The predicted octanol–water partition coefficient (Wildman–Crippen LogP) is 1.72. The Balaban J connectivity index is 2.32. The molecule has 0 unspecified atom stereocenters. The number of nitrogens with one attached hydrogen (secondary N) is 2. The average molecular weight is 242 g/mol. The van der Waals surface area contributed by atoms with Crippen LogP contribution in [0, 0.1) is 5.82 Å². The van der Waals surface area contributed by atoms with Gasteiger partial charge in [0.1, 0.15) is 5.82 Å². The van der Waals surface area contributed by atoms with Gasteiger partial charge in [-0.05, 0) is 18.4 Å². The molecule has 1 rings (SSSR count). The third-order valence-corrected chi connectivity index (χ3v) is 2.53. The SMILES string of the molecule is CSCCNCC(=O)Nc1ccccc1F. The van der Waals surface area contributed by atoms with Gasteiger partial charge in [0.25, 0.3) is 0 Å². The van der Waals surface area contributed by atoms with Crippen molar-refractivity contribution in [3.05, 3.63) is 30.1 Å². The van der Waals surface area contributed by atoms with Gasteiger partial charge in [-0.1, -0.05) is 12.1 Å². The van der Waals surface area contributed by atoms with E-state index < -0.39 is 5.82 Å². The van der Waals surface area contributed by atoms with Gasteiger partial charge >= 0.3 is 0 Å². The fourth-order valence-electron chi connectivity index (χ4n) is 1.13. The molecule has 0 aromatic heterocycles. The van der Waals surface area contributed by atoms with Crippen LogP contribution in [0.2, 0.25) is 0 Å². The first kappa shape index (κ1) is 13.0. The number of benzene rings is 1. The third kappa shape index (κ3) is 4.63. The van der Waals surface area contributed by atoms with Gasteiger partial charge in [-0.3, -0.25) is 4.79 Å². The molecule has 0 saturated heterocycles. The summed E-state index contributed by atoms with van der Waals surface area (Å²) in [4.78, 5) is 11.4. The molecule has 0 atom stereocenters. The van der Waals surface area contributed by atoms with E-state index in [-0.39, 0.29) is 18.1 Å². The molecule has 3 nitrogen and oxygen atoms in total. The Morgan fingerprint density at radius 2 is 2.19 bits per heavy atom. The molecular weight excluding hydrogens is 227 g/mol. The number of carbonyl (C=O) groups excluding carboxylic acids is 1. The minimum absolute atomic E-state index is 0.203. The summed E-state index contributed by atoms with van der Waals surface area (Å²) in [5, 5.41) is 5.47. The summed E-state index contributed by atoms with van der Waals surface area (Å²) >= 11 is 1.71. The summed E-state index contributed by atoms with van der Waals surface area (Å²) in [6.45, 7) is 0.973. The Morgan fingerprint density at radius 1 is 1.44 bits per heavy atom. The molecule has 0 spiro atoms. The molecule has 0 aliphatic heterocycles. The smallest absolute Gasteiger partial charge is 0.238 e. The molecule has 16 heavy (non-hydrogen) atoms. The van der Waals surface area contributed by atoms with Gasteiger partial charge in [-0.15, -0.1) is 0 Å². The lowest BCUT2D eigenvalue weighted by Crippen LogP contribution is -2.29. The molecule has 0 radical (unpaired) electrons. The highest BCUT2D eigenvalue weighted by Gasteiger charge is 2.04. The quantitative estimate of drug-likeness (QED) is 0.746. The van der Waals surface area contributed by atoms with Crippen molar-refractivity contribution in [1.29, 1.82) is 0 Å². The Morgan fingerprint density at radius 3 is 2.88 bits per heavy atom. The molecule has 5 heteroatoms. The highest BCUT2D eigenvalue weighted by molar-refractivity contribution is 7.98. The minimum atomic E-state index is -0.417. The topological polar surface area (TPSA) is 41.1 Å². The minimum Gasteiger partial charge on any atom is -0.322 e. The maximum Gasteiger partial charge on any atom is 0.238 e. The van der Waals surface area contributed by atoms with Crippen molar-refractivity contribution in [2.24, 2.45) is 0 Å². The fourth-order valence-corrected chi connectivity index (χ4v) is 1.48. The molecule has 1 aromatic carbocycles. The molecule has 0 heterocycles. The monoisotopic (exact) mass is 242 g/mol. The van der Waals surface area contributed by atoms with Crippen molar-refractivity contribution in [1.82, 2.24) is 5.32 Å². The van der Waals surface area contributed by atoms with Crippen molar-refractivity contribution in [3.8, 4) is 0 Å². The van der Waals surface area contributed by atoms with E-state index in [1.165, 1.54) is 12.1 Å². The molecule has 0 saturated carbocycles. The molecule has 0 bridgehead atoms. The second kappa shape index (κ2) is 7.24. The summed E-state index contributed by atoms with van der Waals surface area (Å²) in [7, 11) is 0. The average Bonchev–Trinajstić information content (AvgIpc) is 2.28. The summed E-state index contributed by atoms with van der Waals surface area (Å²) in [5.74, 6) is 0.304. The highest BCUT2D eigenvalue weighted by atomic mass is 32.2. The fraction of sp³-hybridized carbons (Fsp3) is 0.364. The molecule has 0 aliphatic carbocycles. The van der Waals surface area contributed by atoms with E-state index in [4.69, 9.17) is 0 Å².